The van der Waals surface area contributed by atoms with Gasteiger partial charge in [-0.25, -0.2) is 0 Å². The van der Waals surface area contributed by atoms with Crippen molar-refractivity contribution in [1.82, 2.24) is 4.90 Å². The van der Waals surface area contributed by atoms with Crippen LogP contribution in [0.3, 0.4) is 0 Å². The Bertz CT molecular complexity index is 1150. The zero-order valence-corrected chi connectivity index (χ0v) is 27.9. The van der Waals surface area contributed by atoms with Gasteiger partial charge in [-0.3, -0.25) is 14.4 Å². The molecule has 236 valence electrons. The molecule has 6 heteroatoms. The highest BCUT2D eigenvalue weighted by atomic mass is 16.5. The second-order valence-corrected chi connectivity index (χ2v) is 16.5. The topological polar surface area (TPSA) is 72.9 Å². The van der Waals surface area contributed by atoms with Crippen molar-refractivity contribution >= 4 is 17.8 Å². The molecule has 5 fully saturated rings. The molecule has 3 unspecified atom stereocenters. The van der Waals surface area contributed by atoms with Crippen LogP contribution in [0.25, 0.3) is 0 Å². The molecular formula is C36H57NO5. The lowest BCUT2D eigenvalue weighted by molar-refractivity contribution is -0.249. The summed E-state index contributed by atoms with van der Waals surface area (Å²) >= 11 is 0. The van der Waals surface area contributed by atoms with Gasteiger partial charge in [0.05, 0.1) is 12.5 Å². The van der Waals surface area contributed by atoms with Crippen molar-refractivity contribution in [3.05, 3.63) is 12.2 Å². The first-order valence-electron chi connectivity index (χ1n) is 16.6. The molecule has 0 aromatic heterocycles. The highest BCUT2D eigenvalue weighted by Crippen LogP contribution is 2.77. The summed E-state index contributed by atoms with van der Waals surface area (Å²) in [5.41, 5.74) is 1.26. The standard InChI is InChI=1S/C36H57NO5/c1-22(2)24-13-18-36(31(40)37(9)21-29(39)41-10)20-19-34(7)25(30(24)36)11-12-27-33(6)16-15-28(42-23(3)38)32(4,5)26(33)14-17-35(27,34)8/h24-28,30H,1,11-21H2,2-10H3/t24?,25-,26+,27?,28?,30-,33+,34-,35-,36+/m1/s1. The smallest absolute Gasteiger partial charge is 0.325 e. The van der Waals surface area contributed by atoms with Gasteiger partial charge in [-0.15, -0.1) is 0 Å². The third-order valence-electron chi connectivity index (χ3n) is 14.7. The minimum atomic E-state index is -0.426. The summed E-state index contributed by atoms with van der Waals surface area (Å²) in [7, 11) is 3.17. The number of ether oxygens (including phenoxy) is 2. The van der Waals surface area contributed by atoms with Gasteiger partial charge in [0.15, 0.2) is 0 Å². The van der Waals surface area contributed by atoms with E-state index in [-0.39, 0.29) is 58.1 Å². The van der Waals surface area contributed by atoms with E-state index in [0.717, 1.165) is 51.4 Å². The Morgan fingerprint density at radius 1 is 0.833 bits per heavy atom. The van der Waals surface area contributed by atoms with Gasteiger partial charge in [-0.05, 0) is 117 Å². The fourth-order valence-electron chi connectivity index (χ4n) is 12.6. The summed E-state index contributed by atoms with van der Waals surface area (Å²) in [5.74, 6) is 1.81. The number of esters is 2. The Hall–Kier alpha value is -1.85. The third kappa shape index (κ3) is 4.26. The predicted molar refractivity (Wildman–Crippen MR) is 164 cm³/mol. The van der Waals surface area contributed by atoms with Gasteiger partial charge in [-0.2, -0.15) is 0 Å². The number of amides is 1. The number of allylic oxidation sites excluding steroid dienone is 1. The Morgan fingerprint density at radius 2 is 1.52 bits per heavy atom. The maximum Gasteiger partial charge on any atom is 0.325 e. The molecular weight excluding hydrogens is 526 g/mol. The predicted octanol–water partition coefficient (Wildman–Crippen LogP) is 7.21. The second-order valence-electron chi connectivity index (χ2n) is 16.5. The molecule has 0 aliphatic heterocycles. The van der Waals surface area contributed by atoms with Crippen molar-refractivity contribution in [2.75, 3.05) is 20.7 Å². The van der Waals surface area contributed by atoms with Crippen LogP contribution in [0.2, 0.25) is 0 Å². The normalized spacial score (nSPS) is 45.4. The van der Waals surface area contributed by atoms with E-state index in [2.05, 4.69) is 48.1 Å². The van der Waals surface area contributed by atoms with Gasteiger partial charge < -0.3 is 14.4 Å². The lowest BCUT2D eigenvalue weighted by Gasteiger charge is -2.73. The number of carbonyl (C=O) groups is 3. The van der Waals surface area contributed by atoms with Gasteiger partial charge in [0.1, 0.15) is 12.6 Å². The van der Waals surface area contributed by atoms with E-state index in [0.29, 0.717) is 23.7 Å². The van der Waals surface area contributed by atoms with Crippen molar-refractivity contribution in [1.29, 1.82) is 0 Å². The fraction of sp³-hybridized carbons (Fsp3) is 0.861. The Balaban J connectivity index is 1.50. The molecule has 0 N–H and O–H groups in total. The summed E-state index contributed by atoms with van der Waals surface area (Å²) in [6.45, 7) is 20.6. The Kier molecular flexibility index (Phi) is 7.79. The van der Waals surface area contributed by atoms with E-state index in [1.165, 1.54) is 25.5 Å². The van der Waals surface area contributed by atoms with Gasteiger partial charge in [0.25, 0.3) is 0 Å². The zero-order chi connectivity index (χ0) is 31.0. The maximum atomic E-state index is 14.3. The summed E-state index contributed by atoms with van der Waals surface area (Å²) in [6, 6.07) is 0. The summed E-state index contributed by atoms with van der Waals surface area (Å²) < 4.78 is 10.8. The van der Waals surface area contributed by atoms with Crippen molar-refractivity contribution in [2.45, 2.75) is 119 Å². The molecule has 5 saturated carbocycles. The lowest BCUT2D eigenvalue weighted by Crippen LogP contribution is -2.67. The average Bonchev–Trinajstić information content (AvgIpc) is 3.31. The molecule has 5 rings (SSSR count). The lowest BCUT2D eigenvalue weighted by atomic mass is 9.32. The third-order valence-corrected chi connectivity index (χ3v) is 14.7. The molecule has 0 heterocycles. The maximum absolute atomic E-state index is 14.3. The minimum absolute atomic E-state index is 0.00707. The molecule has 6 nitrogen and oxygen atoms in total. The van der Waals surface area contributed by atoms with E-state index >= 15 is 0 Å². The zero-order valence-electron chi connectivity index (χ0n) is 27.9. The monoisotopic (exact) mass is 583 g/mol. The molecule has 1 amide bonds. The molecule has 0 spiro atoms. The SMILES string of the molecule is C=C(C)C1CC[C@]2(C(=O)N(C)CC(=O)OC)CC[C@]3(C)[C@H](CCC4[C@@]5(C)CCC(OC(C)=O)C(C)(C)[C@@H]5CC[C@]43C)[C@@H]12. The number of hydrogen-bond acceptors (Lipinski definition) is 5. The average molecular weight is 584 g/mol. The molecule has 42 heavy (non-hydrogen) atoms. The second kappa shape index (κ2) is 10.4. The molecule has 5 aliphatic rings. The van der Waals surface area contributed by atoms with Gasteiger partial charge in [0, 0.05) is 19.4 Å². The molecule has 10 atom stereocenters. The fourth-order valence-corrected chi connectivity index (χ4v) is 12.6. The number of likely N-dealkylation sites (N-methyl/N-ethyl adjacent to an activating group) is 1. The molecule has 0 saturated heterocycles. The van der Waals surface area contributed by atoms with Crippen molar-refractivity contribution < 1.29 is 23.9 Å². The molecule has 0 radical (unpaired) electrons. The van der Waals surface area contributed by atoms with Crippen LogP contribution in [0.5, 0.6) is 0 Å². The van der Waals surface area contributed by atoms with E-state index < -0.39 is 5.41 Å². The van der Waals surface area contributed by atoms with Crippen LogP contribution in [0, 0.1) is 56.7 Å². The molecule has 0 bridgehead atoms. The molecule has 0 aromatic carbocycles. The number of fused-ring (bicyclic) bond motifs is 7. The number of methoxy groups -OCH3 is 1. The highest BCUT2D eigenvalue weighted by Gasteiger charge is 2.72. The quantitative estimate of drug-likeness (QED) is 0.253. The van der Waals surface area contributed by atoms with Crippen LogP contribution in [0.1, 0.15) is 113 Å². The Morgan fingerprint density at radius 3 is 2.14 bits per heavy atom. The van der Waals surface area contributed by atoms with Crippen LogP contribution >= 0.6 is 0 Å². The first-order valence-corrected chi connectivity index (χ1v) is 16.6. The van der Waals surface area contributed by atoms with Gasteiger partial charge in [-0.1, -0.05) is 46.8 Å². The van der Waals surface area contributed by atoms with Crippen LogP contribution < -0.4 is 0 Å². The van der Waals surface area contributed by atoms with Crippen LogP contribution in [-0.4, -0.2) is 49.6 Å². The summed E-state index contributed by atoms with van der Waals surface area (Å²) in [6.07, 6.45) is 10.6. The van der Waals surface area contributed by atoms with E-state index in [1.54, 1.807) is 18.9 Å². The largest absolute Gasteiger partial charge is 0.468 e. The Labute approximate surface area is 254 Å². The minimum Gasteiger partial charge on any atom is -0.468 e. The molecule has 0 aromatic rings. The summed E-state index contributed by atoms with van der Waals surface area (Å²) in [4.78, 5) is 40.1. The highest BCUT2D eigenvalue weighted by molar-refractivity contribution is 5.87. The van der Waals surface area contributed by atoms with E-state index in [9.17, 15) is 14.4 Å². The van der Waals surface area contributed by atoms with Crippen molar-refractivity contribution in [2.24, 2.45) is 56.7 Å². The first kappa shape index (κ1) is 31.6. The van der Waals surface area contributed by atoms with Gasteiger partial charge >= 0.3 is 11.9 Å². The van der Waals surface area contributed by atoms with E-state index in [4.69, 9.17) is 9.47 Å². The van der Waals surface area contributed by atoms with Crippen LogP contribution in [0.15, 0.2) is 12.2 Å². The molecule has 5 aliphatic carbocycles. The van der Waals surface area contributed by atoms with Crippen LogP contribution in [-0.2, 0) is 23.9 Å². The summed E-state index contributed by atoms with van der Waals surface area (Å²) in [5, 5.41) is 0. The van der Waals surface area contributed by atoms with Gasteiger partial charge in [0.2, 0.25) is 5.91 Å². The van der Waals surface area contributed by atoms with Crippen molar-refractivity contribution in [3.63, 3.8) is 0 Å². The van der Waals surface area contributed by atoms with Crippen LogP contribution in [0.4, 0.5) is 0 Å². The number of carbonyl (C=O) groups excluding carboxylic acids is 3. The number of rotatable bonds is 5. The number of nitrogens with zero attached hydrogens (tertiary/aromatic N) is 1. The van der Waals surface area contributed by atoms with E-state index in [1.807, 2.05) is 0 Å². The van der Waals surface area contributed by atoms with Crippen molar-refractivity contribution in [3.8, 4) is 0 Å². The number of hydrogen-bond donors (Lipinski definition) is 0. The first-order chi connectivity index (χ1) is 19.5.